The van der Waals surface area contributed by atoms with Gasteiger partial charge in [0.1, 0.15) is 11.4 Å². The molecule has 1 heterocycles. The van der Waals surface area contributed by atoms with Gasteiger partial charge < -0.3 is 4.90 Å². The Morgan fingerprint density at radius 2 is 1.45 bits per heavy atom. The van der Waals surface area contributed by atoms with Crippen molar-refractivity contribution in [2.24, 2.45) is 4.40 Å². The van der Waals surface area contributed by atoms with Crippen LogP contribution in [0.2, 0.25) is 5.02 Å². The molecular weight excluding hydrogens is 525 g/mol. The van der Waals surface area contributed by atoms with Gasteiger partial charge in [0.25, 0.3) is 10.0 Å². The van der Waals surface area contributed by atoms with Gasteiger partial charge in [-0.25, -0.2) is 0 Å². The Morgan fingerprint density at radius 1 is 0.897 bits per heavy atom. The minimum Gasteiger partial charge on any atom is -0.367 e. The summed E-state index contributed by atoms with van der Waals surface area (Å²) in [4.78, 5) is 14.5. The van der Waals surface area contributed by atoms with Crippen LogP contribution in [0.25, 0.3) is 0 Å². The van der Waals surface area contributed by atoms with Gasteiger partial charge >= 0.3 is 0 Å². The molecule has 2 aliphatic rings. The number of hydrogen-bond donors (Lipinski definition) is 0. The first-order valence-corrected chi connectivity index (χ1v) is 12.2. The first-order valence-electron chi connectivity index (χ1n) is 8.46. The molecule has 1 saturated heterocycles. The molecule has 1 aromatic rings. The quantitative estimate of drug-likeness (QED) is 0.487. The zero-order valence-electron chi connectivity index (χ0n) is 14.6. The second-order valence-corrected chi connectivity index (χ2v) is 11.6. The van der Waals surface area contributed by atoms with E-state index in [-0.39, 0.29) is 15.6 Å². The van der Waals surface area contributed by atoms with Crippen molar-refractivity contribution in [1.29, 1.82) is 0 Å². The molecule has 0 atom stereocenters. The number of carbonyl (C=O) groups is 1. The number of alkyl halides is 4. The molecule has 158 valence electrons. The summed E-state index contributed by atoms with van der Waals surface area (Å²) in [6, 6.07) is 5.30. The molecule has 0 bridgehead atoms. The fraction of sp³-hybridized carbons (Fsp3) is 0.412. The Balaban J connectivity index is 2.20. The summed E-state index contributed by atoms with van der Waals surface area (Å²) in [6.07, 6.45) is 2.63. The van der Waals surface area contributed by atoms with E-state index in [4.69, 9.17) is 69.6 Å². The largest absolute Gasteiger partial charge is 0.367 e. The Labute approximate surface area is 198 Å². The van der Waals surface area contributed by atoms with Gasteiger partial charge in [-0.15, -0.1) is 0 Å². The third-order valence-corrected chi connectivity index (χ3v) is 8.73. The lowest BCUT2D eigenvalue weighted by atomic mass is 9.96. The van der Waals surface area contributed by atoms with Crippen LogP contribution in [-0.2, 0) is 14.8 Å². The smallest absolute Gasteiger partial charge is 0.282 e. The van der Waals surface area contributed by atoms with Crippen LogP contribution in [0, 0.1) is 0 Å². The highest BCUT2D eigenvalue weighted by Gasteiger charge is 2.62. The van der Waals surface area contributed by atoms with Crippen molar-refractivity contribution in [2.45, 2.75) is 32.8 Å². The summed E-state index contributed by atoms with van der Waals surface area (Å²) >= 11 is 37.2. The zero-order valence-corrected chi connectivity index (χ0v) is 20.0. The fourth-order valence-electron chi connectivity index (χ4n) is 3.07. The zero-order chi connectivity index (χ0) is 21.6. The van der Waals surface area contributed by atoms with E-state index in [2.05, 4.69) is 4.40 Å². The van der Waals surface area contributed by atoms with E-state index in [9.17, 15) is 13.2 Å². The lowest BCUT2D eigenvalue weighted by molar-refractivity contribution is -0.118. The van der Waals surface area contributed by atoms with Crippen molar-refractivity contribution in [3.8, 4) is 0 Å². The molecule has 0 aromatic heterocycles. The first kappa shape index (κ1) is 23.5. The van der Waals surface area contributed by atoms with Gasteiger partial charge in [0, 0.05) is 18.1 Å². The number of piperidine rings is 1. The SMILES string of the molecule is O=C1C(N2CCCCC2)=C(Cl)/C(=N\S(=O)(=O)c2ccc(Cl)cc2)C(Cl)(Cl)C1(Cl)Cl. The molecule has 1 aliphatic heterocycles. The Morgan fingerprint density at radius 3 is 2.00 bits per heavy atom. The van der Waals surface area contributed by atoms with Crippen molar-refractivity contribution in [1.82, 2.24) is 4.90 Å². The monoisotopic (exact) mass is 536 g/mol. The van der Waals surface area contributed by atoms with Crippen LogP contribution in [-0.4, -0.2) is 46.6 Å². The molecule has 3 rings (SSSR count). The predicted molar refractivity (Wildman–Crippen MR) is 118 cm³/mol. The molecule has 0 spiro atoms. The van der Waals surface area contributed by atoms with Crippen LogP contribution < -0.4 is 0 Å². The summed E-state index contributed by atoms with van der Waals surface area (Å²) in [7, 11) is -4.31. The van der Waals surface area contributed by atoms with E-state index in [1.165, 1.54) is 24.3 Å². The van der Waals surface area contributed by atoms with E-state index in [0.29, 0.717) is 18.1 Å². The van der Waals surface area contributed by atoms with Gasteiger partial charge in [-0.1, -0.05) is 69.6 Å². The van der Waals surface area contributed by atoms with Gasteiger partial charge in [0.05, 0.1) is 9.93 Å². The molecular formula is C17H14Cl6N2O3S. The van der Waals surface area contributed by atoms with Crippen LogP contribution in [0.15, 0.2) is 44.3 Å². The highest BCUT2D eigenvalue weighted by atomic mass is 35.5. The molecule has 0 N–H and O–H groups in total. The molecule has 0 unspecified atom stereocenters. The Hall–Kier alpha value is -0.210. The van der Waals surface area contributed by atoms with E-state index in [1.807, 2.05) is 0 Å². The van der Waals surface area contributed by atoms with E-state index >= 15 is 0 Å². The summed E-state index contributed by atoms with van der Waals surface area (Å²) in [5.41, 5.74) is -0.555. The maximum Gasteiger partial charge on any atom is 0.282 e. The Bertz CT molecular complexity index is 996. The average Bonchev–Trinajstić information content (AvgIpc) is 2.66. The van der Waals surface area contributed by atoms with Crippen molar-refractivity contribution in [3.05, 3.63) is 40.0 Å². The summed E-state index contributed by atoms with van der Waals surface area (Å²) < 4.78 is 24.5. The minimum absolute atomic E-state index is 0.0432. The van der Waals surface area contributed by atoms with E-state index in [1.54, 1.807) is 4.90 Å². The van der Waals surface area contributed by atoms with E-state index < -0.39 is 30.2 Å². The number of likely N-dealkylation sites (tertiary alicyclic amines) is 1. The number of Topliss-reactive ketones (excluding diaryl/α,β-unsaturated/α-hetero) is 1. The minimum atomic E-state index is -4.31. The highest BCUT2D eigenvalue weighted by molar-refractivity contribution is 7.90. The van der Waals surface area contributed by atoms with Gasteiger partial charge in [-0.05, 0) is 43.5 Å². The summed E-state index contributed by atoms with van der Waals surface area (Å²) in [5.74, 6) is -0.805. The molecule has 1 fully saturated rings. The van der Waals surface area contributed by atoms with Crippen molar-refractivity contribution >= 4 is 91.1 Å². The van der Waals surface area contributed by atoms with Crippen LogP contribution >= 0.6 is 69.6 Å². The van der Waals surface area contributed by atoms with Crippen LogP contribution in [0.4, 0.5) is 0 Å². The number of hydrogen-bond acceptors (Lipinski definition) is 4. The molecule has 29 heavy (non-hydrogen) atoms. The lowest BCUT2D eigenvalue weighted by Gasteiger charge is -2.41. The third kappa shape index (κ3) is 4.27. The Kier molecular flexibility index (Phi) is 6.78. The summed E-state index contributed by atoms with van der Waals surface area (Å²) in [6.45, 7) is 1.05. The predicted octanol–water partition coefficient (Wildman–Crippen LogP) is 5.34. The molecule has 1 aromatic carbocycles. The molecule has 0 saturated carbocycles. The standard InChI is InChI=1S/C17H14Cl6N2O3S/c18-10-4-6-11(7-5-10)29(27,28)24-14-12(19)13(25-8-2-1-3-9-25)15(26)17(22,23)16(14,20)21/h4-7H,1-3,8-9H2/b24-14+. The number of nitrogens with zero attached hydrogens (tertiary/aromatic N) is 2. The number of sulfonamides is 1. The fourth-order valence-corrected chi connectivity index (χ4v) is 5.69. The topological polar surface area (TPSA) is 66.8 Å². The van der Waals surface area contributed by atoms with Crippen LogP contribution in [0.3, 0.4) is 0 Å². The number of carbonyl (C=O) groups excluding carboxylic acids is 1. The van der Waals surface area contributed by atoms with Gasteiger partial charge in [-0.2, -0.15) is 12.8 Å². The maximum atomic E-state index is 13.0. The van der Waals surface area contributed by atoms with Crippen molar-refractivity contribution in [3.63, 3.8) is 0 Å². The second-order valence-electron chi connectivity index (χ2n) is 6.56. The van der Waals surface area contributed by atoms with Gasteiger partial charge in [-0.3, -0.25) is 4.79 Å². The third-order valence-electron chi connectivity index (χ3n) is 4.60. The second kappa shape index (κ2) is 8.38. The van der Waals surface area contributed by atoms with E-state index in [0.717, 1.165) is 19.3 Å². The van der Waals surface area contributed by atoms with Gasteiger partial charge in [0.2, 0.25) is 14.4 Å². The highest BCUT2D eigenvalue weighted by Crippen LogP contribution is 2.52. The van der Waals surface area contributed by atoms with Crippen molar-refractivity contribution in [2.75, 3.05) is 13.1 Å². The number of rotatable bonds is 3. The molecule has 1 aliphatic carbocycles. The van der Waals surface area contributed by atoms with Crippen LogP contribution in [0.5, 0.6) is 0 Å². The number of benzene rings is 1. The number of allylic oxidation sites excluding steroid dienone is 2. The molecule has 5 nitrogen and oxygen atoms in total. The first-order chi connectivity index (χ1) is 13.4. The lowest BCUT2D eigenvalue weighted by Crippen LogP contribution is -2.56. The molecule has 12 heteroatoms. The summed E-state index contributed by atoms with van der Waals surface area (Å²) in [5, 5.41) is 0.0473. The number of halogens is 6. The number of ketones is 1. The normalized spacial score (nSPS) is 23.6. The molecule has 0 amide bonds. The van der Waals surface area contributed by atoms with Crippen molar-refractivity contribution < 1.29 is 13.2 Å². The molecule has 0 radical (unpaired) electrons. The maximum absolute atomic E-state index is 13.0. The van der Waals surface area contributed by atoms with Gasteiger partial charge in [0.15, 0.2) is 0 Å². The van der Waals surface area contributed by atoms with Crippen LogP contribution in [0.1, 0.15) is 19.3 Å². The average molecular weight is 539 g/mol.